The Bertz CT molecular complexity index is 1070. The number of halogens is 2. The van der Waals surface area contributed by atoms with Crippen LogP contribution in [-0.2, 0) is 11.2 Å². The SMILES string of the molecule is O=C(Cc1cccc2ccccc12)NNC(=S)NC(=O)c1ccc(Cl)cc1Cl. The lowest BCUT2D eigenvalue weighted by Gasteiger charge is -2.12. The van der Waals surface area contributed by atoms with Crippen LogP contribution in [0, 0.1) is 0 Å². The number of hydrogen-bond donors (Lipinski definition) is 3. The van der Waals surface area contributed by atoms with Gasteiger partial charge in [-0.15, -0.1) is 0 Å². The quantitative estimate of drug-likeness (QED) is 0.432. The van der Waals surface area contributed by atoms with E-state index in [0.29, 0.717) is 5.02 Å². The van der Waals surface area contributed by atoms with Crippen LogP contribution in [0.25, 0.3) is 10.8 Å². The number of rotatable bonds is 3. The Hall–Kier alpha value is -2.67. The van der Waals surface area contributed by atoms with Gasteiger partial charge in [0, 0.05) is 5.02 Å². The van der Waals surface area contributed by atoms with Crippen molar-refractivity contribution < 1.29 is 9.59 Å². The average Bonchev–Trinajstić information content (AvgIpc) is 2.66. The zero-order valence-electron chi connectivity index (χ0n) is 14.5. The predicted molar refractivity (Wildman–Crippen MR) is 115 cm³/mol. The molecule has 2 amide bonds. The molecule has 3 N–H and O–H groups in total. The Balaban J connectivity index is 1.55. The zero-order chi connectivity index (χ0) is 20.1. The van der Waals surface area contributed by atoms with Crippen molar-refractivity contribution in [2.75, 3.05) is 0 Å². The molecule has 0 aromatic heterocycles. The molecule has 5 nitrogen and oxygen atoms in total. The van der Waals surface area contributed by atoms with Gasteiger partial charge in [0.25, 0.3) is 5.91 Å². The number of carbonyl (C=O) groups is 2. The van der Waals surface area contributed by atoms with Crippen LogP contribution in [0.3, 0.4) is 0 Å². The Kier molecular flexibility index (Phi) is 6.46. The van der Waals surface area contributed by atoms with Crippen molar-refractivity contribution >= 4 is 63.1 Å². The summed E-state index contributed by atoms with van der Waals surface area (Å²) in [6.07, 6.45) is 0.161. The molecule has 3 aromatic rings. The lowest BCUT2D eigenvalue weighted by Crippen LogP contribution is -2.48. The first-order valence-electron chi connectivity index (χ1n) is 8.26. The molecular formula is C20H15Cl2N3O2S. The third kappa shape index (κ3) is 4.98. The number of carbonyl (C=O) groups excluding carboxylic acids is 2. The second kappa shape index (κ2) is 9.01. The maximum Gasteiger partial charge on any atom is 0.258 e. The highest BCUT2D eigenvalue weighted by atomic mass is 35.5. The number of amides is 2. The van der Waals surface area contributed by atoms with Crippen LogP contribution in [0.4, 0.5) is 0 Å². The Labute approximate surface area is 177 Å². The van der Waals surface area contributed by atoms with Crippen LogP contribution in [0.1, 0.15) is 15.9 Å². The van der Waals surface area contributed by atoms with Crippen LogP contribution in [-0.4, -0.2) is 16.9 Å². The second-order valence-corrected chi connectivity index (χ2v) is 7.15. The second-order valence-electron chi connectivity index (χ2n) is 5.90. The molecule has 142 valence electrons. The third-order valence-electron chi connectivity index (χ3n) is 3.95. The lowest BCUT2D eigenvalue weighted by molar-refractivity contribution is -0.121. The monoisotopic (exact) mass is 431 g/mol. The average molecular weight is 432 g/mol. The minimum atomic E-state index is -0.512. The summed E-state index contributed by atoms with van der Waals surface area (Å²) in [5, 5.41) is 5.08. The van der Waals surface area contributed by atoms with E-state index in [9.17, 15) is 9.59 Å². The van der Waals surface area contributed by atoms with Gasteiger partial charge in [-0.3, -0.25) is 25.8 Å². The van der Waals surface area contributed by atoms with E-state index < -0.39 is 5.91 Å². The van der Waals surface area contributed by atoms with E-state index >= 15 is 0 Å². The highest BCUT2D eigenvalue weighted by Gasteiger charge is 2.13. The van der Waals surface area contributed by atoms with Gasteiger partial charge < -0.3 is 0 Å². The van der Waals surface area contributed by atoms with Crippen LogP contribution in [0.5, 0.6) is 0 Å². The standard InChI is InChI=1S/C20H15Cl2N3O2S/c21-14-8-9-16(17(22)11-14)19(27)23-20(28)25-24-18(26)10-13-6-3-5-12-4-1-2-7-15(12)13/h1-9,11H,10H2,(H,24,26)(H2,23,25,27,28). The fourth-order valence-corrected chi connectivity index (χ4v) is 3.30. The van der Waals surface area contributed by atoms with Gasteiger partial charge in [-0.05, 0) is 46.8 Å². The minimum Gasteiger partial charge on any atom is -0.298 e. The lowest BCUT2D eigenvalue weighted by atomic mass is 10.0. The first-order valence-corrected chi connectivity index (χ1v) is 9.42. The summed E-state index contributed by atoms with van der Waals surface area (Å²) in [6, 6.07) is 18.1. The van der Waals surface area contributed by atoms with E-state index in [4.69, 9.17) is 35.4 Å². The van der Waals surface area contributed by atoms with Gasteiger partial charge in [-0.25, -0.2) is 0 Å². The molecule has 0 atom stereocenters. The van der Waals surface area contributed by atoms with Crippen molar-refractivity contribution in [2.45, 2.75) is 6.42 Å². The van der Waals surface area contributed by atoms with Gasteiger partial charge in [-0.2, -0.15) is 0 Å². The number of nitrogens with one attached hydrogen (secondary N) is 3. The molecule has 0 fully saturated rings. The summed E-state index contributed by atoms with van der Waals surface area (Å²) in [5.41, 5.74) is 6.10. The molecule has 28 heavy (non-hydrogen) atoms. The minimum absolute atomic E-state index is 0.0534. The molecule has 0 saturated heterocycles. The van der Waals surface area contributed by atoms with Gasteiger partial charge >= 0.3 is 0 Å². The van der Waals surface area contributed by atoms with Crippen molar-refractivity contribution in [2.24, 2.45) is 0 Å². The number of benzene rings is 3. The first-order chi connectivity index (χ1) is 13.4. The topological polar surface area (TPSA) is 70.2 Å². The third-order valence-corrected chi connectivity index (χ3v) is 4.70. The molecule has 8 heteroatoms. The first kappa shape index (κ1) is 20.1. The van der Waals surface area contributed by atoms with Gasteiger partial charge in [0.05, 0.1) is 17.0 Å². The maximum absolute atomic E-state index is 12.2. The summed E-state index contributed by atoms with van der Waals surface area (Å²) in [7, 11) is 0. The predicted octanol–water partition coefficient (Wildman–Crippen LogP) is 4.02. The molecular weight excluding hydrogens is 417 g/mol. The van der Waals surface area contributed by atoms with Crippen LogP contribution >= 0.6 is 35.4 Å². The maximum atomic E-state index is 12.2. The van der Waals surface area contributed by atoms with E-state index in [1.807, 2.05) is 42.5 Å². The molecule has 0 aliphatic heterocycles. The molecule has 0 radical (unpaired) electrons. The number of hydrazine groups is 1. The largest absolute Gasteiger partial charge is 0.298 e. The van der Waals surface area contributed by atoms with Crippen molar-refractivity contribution in [1.82, 2.24) is 16.2 Å². The van der Waals surface area contributed by atoms with Gasteiger partial charge in [0.15, 0.2) is 5.11 Å². The summed E-state index contributed by atoms with van der Waals surface area (Å²) in [5.74, 6) is -0.806. The smallest absolute Gasteiger partial charge is 0.258 e. The number of thiocarbonyl (C=S) groups is 1. The Morgan fingerprint density at radius 3 is 2.46 bits per heavy atom. The Morgan fingerprint density at radius 2 is 1.68 bits per heavy atom. The number of fused-ring (bicyclic) bond motifs is 1. The molecule has 0 unspecified atom stereocenters. The fraction of sp³-hybridized carbons (Fsp3) is 0.0500. The van der Waals surface area contributed by atoms with E-state index in [1.165, 1.54) is 12.1 Å². The molecule has 0 aliphatic carbocycles. The Morgan fingerprint density at radius 1 is 0.929 bits per heavy atom. The van der Waals surface area contributed by atoms with Crippen molar-refractivity contribution in [3.8, 4) is 0 Å². The van der Waals surface area contributed by atoms with E-state index in [-0.39, 0.29) is 28.0 Å². The summed E-state index contributed by atoms with van der Waals surface area (Å²) in [6.45, 7) is 0. The van der Waals surface area contributed by atoms with Gasteiger partial charge in [0.1, 0.15) is 0 Å². The normalized spacial score (nSPS) is 10.4. The van der Waals surface area contributed by atoms with Crippen LogP contribution < -0.4 is 16.2 Å². The van der Waals surface area contributed by atoms with Crippen molar-refractivity contribution in [1.29, 1.82) is 0 Å². The van der Waals surface area contributed by atoms with E-state index in [2.05, 4.69) is 16.2 Å². The van der Waals surface area contributed by atoms with E-state index in [0.717, 1.165) is 16.3 Å². The summed E-state index contributed by atoms with van der Waals surface area (Å²) >= 11 is 16.8. The molecule has 3 rings (SSSR count). The zero-order valence-corrected chi connectivity index (χ0v) is 16.8. The van der Waals surface area contributed by atoms with Crippen LogP contribution in [0.15, 0.2) is 60.7 Å². The van der Waals surface area contributed by atoms with Crippen molar-refractivity contribution in [3.63, 3.8) is 0 Å². The molecule has 0 spiro atoms. The number of hydrogen-bond acceptors (Lipinski definition) is 3. The molecule has 3 aromatic carbocycles. The van der Waals surface area contributed by atoms with Gasteiger partial charge in [-0.1, -0.05) is 65.7 Å². The summed E-state index contributed by atoms with van der Waals surface area (Å²) < 4.78 is 0. The van der Waals surface area contributed by atoms with Crippen molar-refractivity contribution in [3.05, 3.63) is 81.8 Å². The molecule has 0 saturated carbocycles. The molecule has 0 heterocycles. The summed E-state index contributed by atoms with van der Waals surface area (Å²) in [4.78, 5) is 24.4. The molecule has 0 aliphatic rings. The van der Waals surface area contributed by atoms with Gasteiger partial charge in [0.2, 0.25) is 5.91 Å². The van der Waals surface area contributed by atoms with Crippen LogP contribution in [0.2, 0.25) is 10.0 Å². The molecule has 0 bridgehead atoms. The highest BCUT2D eigenvalue weighted by Crippen LogP contribution is 2.21. The highest BCUT2D eigenvalue weighted by molar-refractivity contribution is 7.80. The van der Waals surface area contributed by atoms with E-state index in [1.54, 1.807) is 6.07 Å². The fourth-order valence-electron chi connectivity index (χ4n) is 2.67.